The van der Waals surface area contributed by atoms with Crippen LogP contribution in [-0.4, -0.2) is 48.9 Å². The minimum Gasteiger partial charge on any atom is -0.480 e. The Labute approximate surface area is 143 Å². The van der Waals surface area contributed by atoms with Crippen LogP contribution in [0.3, 0.4) is 0 Å². The van der Waals surface area contributed by atoms with Crippen LogP contribution in [0.1, 0.15) is 12.0 Å². The highest BCUT2D eigenvalue weighted by molar-refractivity contribution is 6.42. The largest absolute Gasteiger partial charge is 0.480 e. The smallest absolute Gasteiger partial charge is 0.329 e. The maximum absolute atomic E-state index is 12.1. The van der Waals surface area contributed by atoms with Gasteiger partial charge in [0.1, 0.15) is 6.61 Å². The Morgan fingerprint density at radius 2 is 2.13 bits per heavy atom. The molecule has 1 aromatic carbocycles. The lowest BCUT2D eigenvalue weighted by Gasteiger charge is -2.31. The van der Waals surface area contributed by atoms with E-state index in [1.54, 1.807) is 18.2 Å². The average Bonchev–Trinajstić information content (AvgIpc) is 2.50. The molecule has 2 N–H and O–H groups in total. The molecule has 2 atom stereocenters. The van der Waals surface area contributed by atoms with Gasteiger partial charge in [-0.3, -0.25) is 4.79 Å². The molecule has 0 spiro atoms. The van der Waals surface area contributed by atoms with Crippen LogP contribution in [0.4, 0.5) is 0 Å². The van der Waals surface area contributed by atoms with E-state index >= 15 is 0 Å². The van der Waals surface area contributed by atoms with Gasteiger partial charge in [-0.15, -0.1) is 0 Å². The fraction of sp³-hybridized carbons (Fsp3) is 0.467. The average molecular weight is 362 g/mol. The van der Waals surface area contributed by atoms with E-state index in [0.29, 0.717) is 23.1 Å². The topological polar surface area (TPSA) is 84.9 Å². The molecule has 0 radical (unpaired) electrons. The lowest BCUT2D eigenvalue weighted by atomic mass is 10.1. The Kier molecular flexibility index (Phi) is 6.65. The van der Waals surface area contributed by atoms with E-state index < -0.39 is 12.6 Å². The fourth-order valence-corrected chi connectivity index (χ4v) is 2.64. The quantitative estimate of drug-likeness (QED) is 0.808. The molecule has 1 aliphatic heterocycles. The van der Waals surface area contributed by atoms with Crippen molar-refractivity contribution >= 4 is 35.1 Å². The van der Waals surface area contributed by atoms with Crippen molar-refractivity contribution in [2.75, 3.05) is 19.8 Å². The number of carbonyl (C=O) groups is 2. The third-order valence-electron chi connectivity index (χ3n) is 3.41. The number of ether oxygens (including phenoxy) is 2. The first-order valence-electron chi connectivity index (χ1n) is 7.10. The van der Waals surface area contributed by atoms with Crippen LogP contribution in [0.2, 0.25) is 10.0 Å². The van der Waals surface area contributed by atoms with Gasteiger partial charge >= 0.3 is 5.97 Å². The summed E-state index contributed by atoms with van der Waals surface area (Å²) in [7, 11) is 0. The molecule has 1 heterocycles. The van der Waals surface area contributed by atoms with Gasteiger partial charge in [-0.1, -0.05) is 29.3 Å². The summed E-state index contributed by atoms with van der Waals surface area (Å²) in [5, 5.41) is 12.3. The zero-order valence-electron chi connectivity index (χ0n) is 12.3. The number of halogens is 2. The molecule has 0 saturated carbocycles. The Bertz CT molecular complexity index is 581. The molecule has 0 aromatic heterocycles. The number of carboxylic acids is 1. The summed E-state index contributed by atoms with van der Waals surface area (Å²) in [5.74, 6) is -1.26. The number of hydrogen-bond donors (Lipinski definition) is 2. The first-order chi connectivity index (χ1) is 11.0. The van der Waals surface area contributed by atoms with Gasteiger partial charge in [-0.05, 0) is 24.1 Å². The highest BCUT2D eigenvalue weighted by Gasteiger charge is 2.28. The van der Waals surface area contributed by atoms with Crippen molar-refractivity contribution in [3.05, 3.63) is 33.8 Å². The molecular formula is C15H17Cl2NO5. The third kappa shape index (κ3) is 5.66. The van der Waals surface area contributed by atoms with Crippen LogP contribution < -0.4 is 5.32 Å². The number of rotatable bonds is 6. The first kappa shape index (κ1) is 18.0. The molecule has 8 heteroatoms. The highest BCUT2D eigenvalue weighted by Crippen LogP contribution is 2.22. The maximum atomic E-state index is 12.1. The number of hydrogen-bond acceptors (Lipinski definition) is 4. The second kappa shape index (κ2) is 8.49. The van der Waals surface area contributed by atoms with Gasteiger partial charge in [0, 0.05) is 6.61 Å². The van der Waals surface area contributed by atoms with Crippen molar-refractivity contribution in [1.29, 1.82) is 0 Å². The zero-order chi connectivity index (χ0) is 16.8. The van der Waals surface area contributed by atoms with Crippen LogP contribution in [-0.2, 0) is 25.5 Å². The molecule has 1 aromatic rings. The predicted molar refractivity (Wildman–Crippen MR) is 84.9 cm³/mol. The van der Waals surface area contributed by atoms with Gasteiger partial charge in [0.2, 0.25) is 5.91 Å². The molecule has 0 aliphatic carbocycles. The summed E-state index contributed by atoms with van der Waals surface area (Å²) in [6, 6.07) is 4.62. The first-order valence-corrected chi connectivity index (χ1v) is 7.85. The summed E-state index contributed by atoms with van der Waals surface area (Å²) in [6.07, 6.45) is 0.293. The summed E-state index contributed by atoms with van der Waals surface area (Å²) >= 11 is 11.8. The molecule has 0 unspecified atom stereocenters. The van der Waals surface area contributed by atoms with E-state index in [-0.39, 0.29) is 31.1 Å². The Morgan fingerprint density at radius 1 is 1.35 bits per heavy atom. The van der Waals surface area contributed by atoms with Crippen molar-refractivity contribution in [3.8, 4) is 0 Å². The Hall–Kier alpha value is -1.34. The van der Waals surface area contributed by atoms with E-state index in [1.807, 2.05) is 0 Å². The molecular weight excluding hydrogens is 345 g/mol. The van der Waals surface area contributed by atoms with Gasteiger partial charge < -0.3 is 19.9 Å². The van der Waals surface area contributed by atoms with Gasteiger partial charge in [0.25, 0.3) is 0 Å². The van der Waals surface area contributed by atoms with E-state index in [4.69, 9.17) is 37.8 Å². The van der Waals surface area contributed by atoms with Crippen molar-refractivity contribution in [2.45, 2.75) is 25.0 Å². The standard InChI is InChI=1S/C15H17Cl2NO5/c16-10-2-1-9(5-11(10)17)6-14(19)18-12-7-22-4-3-13(12)23-8-15(20)21/h1-2,5,12-13H,3-4,6-8H2,(H,18,19)(H,20,21)/t12-,13+/m0/s1. The molecule has 6 nitrogen and oxygen atoms in total. The molecule has 126 valence electrons. The van der Waals surface area contributed by atoms with Crippen molar-refractivity contribution in [1.82, 2.24) is 5.32 Å². The molecule has 0 bridgehead atoms. The molecule has 1 fully saturated rings. The van der Waals surface area contributed by atoms with Gasteiger partial charge in [0.15, 0.2) is 0 Å². The van der Waals surface area contributed by atoms with Crippen LogP contribution in [0, 0.1) is 0 Å². The Morgan fingerprint density at radius 3 is 2.83 bits per heavy atom. The van der Waals surface area contributed by atoms with E-state index in [0.717, 1.165) is 5.56 Å². The fourth-order valence-electron chi connectivity index (χ4n) is 2.32. The SMILES string of the molecule is O=C(O)CO[C@@H]1CCOC[C@@H]1NC(=O)Cc1ccc(Cl)c(Cl)c1. The molecule has 1 saturated heterocycles. The highest BCUT2D eigenvalue weighted by atomic mass is 35.5. The summed E-state index contributed by atoms with van der Waals surface area (Å²) in [5.41, 5.74) is 0.733. The number of amides is 1. The summed E-state index contributed by atoms with van der Waals surface area (Å²) < 4.78 is 10.6. The van der Waals surface area contributed by atoms with Gasteiger partial charge in [-0.25, -0.2) is 4.79 Å². The predicted octanol–water partition coefficient (Wildman–Crippen LogP) is 1.91. The number of carbonyl (C=O) groups excluding carboxylic acids is 1. The zero-order valence-corrected chi connectivity index (χ0v) is 13.8. The normalized spacial score (nSPS) is 21.0. The molecule has 1 amide bonds. The second-order valence-corrected chi connectivity index (χ2v) is 6.02. The number of aliphatic carboxylic acids is 1. The van der Waals surface area contributed by atoms with E-state index in [2.05, 4.69) is 5.32 Å². The van der Waals surface area contributed by atoms with Crippen LogP contribution >= 0.6 is 23.2 Å². The van der Waals surface area contributed by atoms with Gasteiger partial charge in [0.05, 0.1) is 35.2 Å². The van der Waals surface area contributed by atoms with Gasteiger partial charge in [-0.2, -0.15) is 0 Å². The number of carboxylic acid groups (broad SMARTS) is 1. The van der Waals surface area contributed by atoms with Crippen LogP contribution in [0.5, 0.6) is 0 Å². The second-order valence-electron chi connectivity index (χ2n) is 5.21. The monoisotopic (exact) mass is 361 g/mol. The third-order valence-corrected chi connectivity index (χ3v) is 4.15. The molecule has 23 heavy (non-hydrogen) atoms. The van der Waals surface area contributed by atoms with Crippen LogP contribution in [0.15, 0.2) is 18.2 Å². The minimum absolute atomic E-state index is 0.138. The lowest BCUT2D eigenvalue weighted by Crippen LogP contribution is -2.51. The maximum Gasteiger partial charge on any atom is 0.329 e. The lowest BCUT2D eigenvalue weighted by molar-refractivity contribution is -0.148. The molecule has 1 aliphatic rings. The number of nitrogens with one attached hydrogen (secondary N) is 1. The van der Waals surface area contributed by atoms with Crippen LogP contribution in [0.25, 0.3) is 0 Å². The van der Waals surface area contributed by atoms with E-state index in [1.165, 1.54) is 0 Å². The minimum atomic E-state index is -1.04. The summed E-state index contributed by atoms with van der Waals surface area (Å²) in [6.45, 7) is 0.366. The van der Waals surface area contributed by atoms with Crippen molar-refractivity contribution < 1.29 is 24.2 Å². The number of benzene rings is 1. The van der Waals surface area contributed by atoms with E-state index in [9.17, 15) is 9.59 Å². The Balaban J connectivity index is 1.91. The molecule has 2 rings (SSSR count). The van der Waals surface area contributed by atoms with Crippen molar-refractivity contribution in [3.63, 3.8) is 0 Å². The van der Waals surface area contributed by atoms with Crippen molar-refractivity contribution in [2.24, 2.45) is 0 Å². The summed E-state index contributed by atoms with van der Waals surface area (Å²) in [4.78, 5) is 22.8.